The number of carbonyl (C=O) groups excluding carboxylic acids is 1. The van der Waals surface area contributed by atoms with Crippen molar-refractivity contribution in [1.82, 2.24) is 0 Å². The Kier molecular flexibility index (Phi) is 4.35. The molecule has 0 saturated carbocycles. The van der Waals surface area contributed by atoms with Crippen LogP contribution >= 0.6 is 27.5 Å². The van der Waals surface area contributed by atoms with Crippen LogP contribution in [-0.2, 0) is 0 Å². The maximum atomic E-state index is 12.3. The molecule has 0 radical (unpaired) electrons. The summed E-state index contributed by atoms with van der Waals surface area (Å²) in [5, 5.41) is 3.29. The van der Waals surface area contributed by atoms with Crippen molar-refractivity contribution < 1.29 is 4.79 Å². The fraction of sp³-hybridized carbons (Fsp3) is 0.133. The molecule has 0 saturated heterocycles. The number of nitrogens with two attached hydrogens (primary N) is 1. The van der Waals surface area contributed by atoms with Crippen LogP contribution in [0.1, 0.15) is 21.5 Å². The number of nitrogen functional groups attached to an aromatic ring is 1. The molecule has 2 rings (SSSR count). The van der Waals surface area contributed by atoms with Gasteiger partial charge in [0.15, 0.2) is 0 Å². The van der Waals surface area contributed by atoms with E-state index in [1.165, 1.54) is 0 Å². The van der Waals surface area contributed by atoms with Gasteiger partial charge >= 0.3 is 0 Å². The van der Waals surface area contributed by atoms with E-state index in [-0.39, 0.29) is 5.91 Å². The fourth-order valence-corrected chi connectivity index (χ4v) is 2.41. The van der Waals surface area contributed by atoms with Gasteiger partial charge in [0.25, 0.3) is 5.91 Å². The van der Waals surface area contributed by atoms with Crippen LogP contribution in [0.5, 0.6) is 0 Å². The maximum Gasteiger partial charge on any atom is 0.255 e. The van der Waals surface area contributed by atoms with Crippen LogP contribution in [0.25, 0.3) is 0 Å². The maximum absolute atomic E-state index is 12.3. The molecular weight excluding hydrogens is 340 g/mol. The van der Waals surface area contributed by atoms with Crippen molar-refractivity contribution >= 4 is 44.8 Å². The first-order valence-electron chi connectivity index (χ1n) is 6.02. The fourth-order valence-electron chi connectivity index (χ4n) is 1.88. The minimum absolute atomic E-state index is 0.173. The molecule has 0 aliphatic heterocycles. The molecule has 20 heavy (non-hydrogen) atoms. The summed E-state index contributed by atoms with van der Waals surface area (Å²) in [4.78, 5) is 12.3. The molecule has 0 aliphatic rings. The molecule has 3 N–H and O–H groups in total. The second kappa shape index (κ2) is 5.85. The molecule has 0 heterocycles. The molecule has 0 fully saturated rings. The zero-order valence-corrected chi connectivity index (χ0v) is 13.5. The number of carbonyl (C=O) groups is 1. The monoisotopic (exact) mass is 352 g/mol. The Bertz CT molecular complexity index is 686. The predicted octanol–water partition coefficient (Wildman–Crippen LogP) is 4.55. The Hall–Kier alpha value is -1.52. The molecular formula is C15H14BrClN2O. The first kappa shape index (κ1) is 14.9. The van der Waals surface area contributed by atoms with Crippen LogP contribution in [0, 0.1) is 13.8 Å². The van der Waals surface area contributed by atoms with E-state index in [9.17, 15) is 4.79 Å². The van der Waals surface area contributed by atoms with E-state index < -0.39 is 0 Å². The molecule has 1 amide bonds. The van der Waals surface area contributed by atoms with Crippen LogP contribution in [0.15, 0.2) is 34.8 Å². The van der Waals surface area contributed by atoms with Crippen molar-refractivity contribution in [3.8, 4) is 0 Å². The summed E-state index contributed by atoms with van der Waals surface area (Å²) >= 11 is 9.41. The number of hydrogen-bond acceptors (Lipinski definition) is 2. The SMILES string of the molecule is Cc1cc(N)c(Cl)cc1NC(=O)c1cccc(Br)c1C. The highest BCUT2D eigenvalue weighted by Gasteiger charge is 2.13. The van der Waals surface area contributed by atoms with E-state index in [4.69, 9.17) is 17.3 Å². The Balaban J connectivity index is 2.33. The lowest BCUT2D eigenvalue weighted by Crippen LogP contribution is -2.14. The molecule has 0 spiro atoms. The molecule has 0 unspecified atom stereocenters. The van der Waals surface area contributed by atoms with Crippen molar-refractivity contribution in [1.29, 1.82) is 0 Å². The van der Waals surface area contributed by atoms with Crippen molar-refractivity contribution in [2.24, 2.45) is 0 Å². The van der Waals surface area contributed by atoms with Gasteiger partial charge in [0.2, 0.25) is 0 Å². The summed E-state index contributed by atoms with van der Waals surface area (Å²) in [6.45, 7) is 3.76. The number of amides is 1. The Morgan fingerprint density at radius 2 is 2.00 bits per heavy atom. The first-order valence-corrected chi connectivity index (χ1v) is 7.19. The van der Waals surface area contributed by atoms with Crippen molar-refractivity contribution in [2.75, 3.05) is 11.1 Å². The van der Waals surface area contributed by atoms with Crippen LogP contribution in [0.4, 0.5) is 11.4 Å². The average molecular weight is 354 g/mol. The molecule has 3 nitrogen and oxygen atoms in total. The number of hydrogen-bond donors (Lipinski definition) is 2. The number of rotatable bonds is 2. The first-order chi connectivity index (χ1) is 9.40. The topological polar surface area (TPSA) is 55.1 Å². The van der Waals surface area contributed by atoms with E-state index in [2.05, 4.69) is 21.2 Å². The summed E-state index contributed by atoms with van der Waals surface area (Å²) in [5.74, 6) is -0.173. The lowest BCUT2D eigenvalue weighted by Gasteiger charge is -2.12. The van der Waals surface area contributed by atoms with Crippen LogP contribution in [0.3, 0.4) is 0 Å². The summed E-state index contributed by atoms with van der Waals surface area (Å²) in [6.07, 6.45) is 0. The third-order valence-corrected chi connectivity index (χ3v) is 4.29. The second-order valence-corrected chi connectivity index (χ2v) is 5.82. The van der Waals surface area contributed by atoms with Gasteiger partial charge < -0.3 is 11.1 Å². The Morgan fingerprint density at radius 3 is 2.70 bits per heavy atom. The van der Waals surface area contributed by atoms with Gasteiger partial charge in [0, 0.05) is 15.7 Å². The highest BCUT2D eigenvalue weighted by molar-refractivity contribution is 9.10. The van der Waals surface area contributed by atoms with Gasteiger partial charge in [0.1, 0.15) is 0 Å². The average Bonchev–Trinajstić information content (AvgIpc) is 2.39. The number of aryl methyl sites for hydroxylation is 1. The number of halogens is 2. The van der Waals surface area contributed by atoms with Gasteiger partial charge in [0.05, 0.1) is 10.7 Å². The molecule has 0 bridgehead atoms. The van der Waals surface area contributed by atoms with Crippen molar-refractivity contribution in [3.63, 3.8) is 0 Å². The quantitative estimate of drug-likeness (QED) is 0.778. The van der Waals surface area contributed by atoms with Gasteiger partial charge in [-0.3, -0.25) is 4.79 Å². The normalized spacial score (nSPS) is 10.4. The lowest BCUT2D eigenvalue weighted by atomic mass is 10.1. The molecule has 0 aliphatic carbocycles. The highest BCUT2D eigenvalue weighted by Crippen LogP contribution is 2.27. The number of anilines is 2. The van der Waals surface area contributed by atoms with Crippen LogP contribution in [0.2, 0.25) is 5.02 Å². The highest BCUT2D eigenvalue weighted by atomic mass is 79.9. The van der Waals surface area contributed by atoms with E-state index in [0.717, 1.165) is 15.6 Å². The zero-order chi connectivity index (χ0) is 14.9. The van der Waals surface area contributed by atoms with Crippen LogP contribution in [-0.4, -0.2) is 5.91 Å². The molecule has 2 aromatic carbocycles. The van der Waals surface area contributed by atoms with Gasteiger partial charge in [-0.1, -0.05) is 33.6 Å². The molecule has 0 atom stereocenters. The Labute approximate surface area is 131 Å². The smallest absolute Gasteiger partial charge is 0.255 e. The Morgan fingerprint density at radius 1 is 1.30 bits per heavy atom. The van der Waals surface area contributed by atoms with E-state index in [1.54, 1.807) is 18.2 Å². The van der Waals surface area contributed by atoms with E-state index in [1.807, 2.05) is 26.0 Å². The van der Waals surface area contributed by atoms with E-state index >= 15 is 0 Å². The summed E-state index contributed by atoms with van der Waals surface area (Å²) in [6, 6.07) is 8.92. The summed E-state index contributed by atoms with van der Waals surface area (Å²) in [5.41, 5.74) is 9.26. The largest absolute Gasteiger partial charge is 0.398 e. The molecule has 104 valence electrons. The van der Waals surface area contributed by atoms with Crippen LogP contribution < -0.4 is 11.1 Å². The molecule has 5 heteroatoms. The van der Waals surface area contributed by atoms with Gasteiger partial charge in [-0.25, -0.2) is 0 Å². The minimum Gasteiger partial charge on any atom is -0.398 e. The number of nitrogens with one attached hydrogen (secondary N) is 1. The summed E-state index contributed by atoms with van der Waals surface area (Å²) in [7, 11) is 0. The summed E-state index contributed by atoms with van der Waals surface area (Å²) < 4.78 is 0.900. The van der Waals surface area contributed by atoms with Gasteiger partial charge in [-0.15, -0.1) is 0 Å². The lowest BCUT2D eigenvalue weighted by molar-refractivity contribution is 0.102. The van der Waals surface area contributed by atoms with Gasteiger partial charge in [-0.05, 0) is 49.2 Å². The van der Waals surface area contributed by atoms with E-state index in [0.29, 0.717) is 22.0 Å². The zero-order valence-electron chi connectivity index (χ0n) is 11.1. The number of benzene rings is 2. The second-order valence-electron chi connectivity index (χ2n) is 4.56. The van der Waals surface area contributed by atoms with Crippen molar-refractivity contribution in [3.05, 3.63) is 56.5 Å². The third kappa shape index (κ3) is 2.97. The molecule has 0 aromatic heterocycles. The third-order valence-electron chi connectivity index (χ3n) is 3.10. The predicted molar refractivity (Wildman–Crippen MR) is 87.4 cm³/mol. The molecule has 2 aromatic rings. The van der Waals surface area contributed by atoms with Gasteiger partial charge in [-0.2, -0.15) is 0 Å². The standard InChI is InChI=1S/C15H14BrClN2O/c1-8-6-13(18)12(17)7-14(8)19-15(20)10-4-3-5-11(16)9(10)2/h3-7H,18H2,1-2H3,(H,19,20). The minimum atomic E-state index is -0.173. The van der Waals surface area contributed by atoms with Crippen molar-refractivity contribution in [2.45, 2.75) is 13.8 Å².